The van der Waals surface area contributed by atoms with Gasteiger partial charge in [0.15, 0.2) is 6.23 Å². The fraction of sp³-hybridized carbons (Fsp3) is 0.549. The van der Waals surface area contributed by atoms with Crippen LogP contribution in [0.2, 0.25) is 0 Å². The number of nitrogens with zero attached hydrogens (tertiary/aromatic N) is 2. The maximum Gasteiger partial charge on any atom is 0.295 e. The summed E-state index contributed by atoms with van der Waals surface area (Å²) in [6.07, 6.45) is 13.3. The summed E-state index contributed by atoms with van der Waals surface area (Å²) in [6.45, 7) is 17.2. The van der Waals surface area contributed by atoms with Crippen LogP contribution in [0.25, 0.3) is 0 Å². The summed E-state index contributed by atoms with van der Waals surface area (Å²) in [5.74, 6) is -0.108. The van der Waals surface area contributed by atoms with E-state index in [0.29, 0.717) is 77.9 Å². The summed E-state index contributed by atoms with van der Waals surface area (Å²) in [5, 5.41) is 44.6. The molecule has 4 N–H and O–H groups in total. The highest BCUT2D eigenvalue weighted by molar-refractivity contribution is 6.01. The van der Waals surface area contributed by atoms with Crippen LogP contribution in [0.4, 0.5) is 0 Å². The number of allylic oxidation sites excluding steroid dienone is 8. The molecule has 63 heavy (non-hydrogen) atoms. The number of phenols is 2. The molecule has 4 aliphatic heterocycles. The number of hydrogen-bond acceptors (Lipinski definition) is 10. The van der Waals surface area contributed by atoms with Crippen molar-refractivity contribution in [1.29, 1.82) is 0 Å². The largest absolute Gasteiger partial charge is 0.508 e. The molecule has 5 atom stereocenters. The molecular weight excluding hydrogens is 801 g/mol. The van der Waals surface area contributed by atoms with Crippen LogP contribution in [0.15, 0.2) is 58.7 Å². The molecule has 0 aliphatic carbocycles. The van der Waals surface area contributed by atoms with Gasteiger partial charge in [-0.05, 0) is 125 Å². The molecule has 0 spiro atoms. The standard InChI is InChI=1S/C51H68N2O10/c1-31(2)14-9-16-33(5)18-11-21-50(7)43(57)26-37-41(55)24-35-39(46(37)62-50)28-52(48(35)59)23-13-20-45(61-30-54)53-29-40-36(49(53)60)25-42(56)38-27-44(58)51(8,63-47(38)40)22-12-19-34(6)17-10-15-32(3)4/h14-15,18-19,24-25,30,43-45,55-58H,9-13,16-17,20-23,26-29H2,1-8H3/b33-18+,34-19+/t43-,44-,45?,50+,51+/m0/s1. The van der Waals surface area contributed by atoms with E-state index in [-0.39, 0.29) is 61.9 Å². The molecule has 342 valence electrons. The number of aliphatic hydroxyl groups is 2. The Balaban J connectivity index is 1.11. The number of carbonyl (C=O) groups is 3. The number of amides is 2. The normalized spacial score (nSPS) is 23.3. The van der Waals surface area contributed by atoms with Crippen molar-refractivity contribution in [3.63, 3.8) is 0 Å². The number of fused-ring (bicyclic) bond motifs is 6. The Labute approximate surface area is 372 Å². The van der Waals surface area contributed by atoms with Crippen LogP contribution in [-0.2, 0) is 35.5 Å². The molecular formula is C51H68N2O10. The molecule has 0 bridgehead atoms. The maximum atomic E-state index is 14.0. The second-order valence-corrected chi connectivity index (χ2v) is 19.0. The van der Waals surface area contributed by atoms with E-state index in [1.807, 2.05) is 13.8 Å². The lowest BCUT2D eigenvalue weighted by atomic mass is 9.84. The van der Waals surface area contributed by atoms with E-state index in [4.69, 9.17) is 14.2 Å². The van der Waals surface area contributed by atoms with Gasteiger partial charge in [0, 0.05) is 48.1 Å². The van der Waals surface area contributed by atoms with Gasteiger partial charge < -0.3 is 39.5 Å². The molecule has 0 saturated carbocycles. The number of benzene rings is 2. The van der Waals surface area contributed by atoms with Crippen molar-refractivity contribution >= 4 is 18.3 Å². The van der Waals surface area contributed by atoms with Gasteiger partial charge in [0.05, 0.1) is 36.4 Å². The van der Waals surface area contributed by atoms with Crippen LogP contribution in [0.5, 0.6) is 23.0 Å². The summed E-state index contributed by atoms with van der Waals surface area (Å²) in [4.78, 5) is 42.7. The zero-order valence-corrected chi connectivity index (χ0v) is 38.5. The Morgan fingerprint density at radius 2 is 1.21 bits per heavy atom. The van der Waals surface area contributed by atoms with Gasteiger partial charge >= 0.3 is 0 Å². The highest BCUT2D eigenvalue weighted by Crippen LogP contribution is 2.48. The minimum absolute atomic E-state index is 0.0670. The van der Waals surface area contributed by atoms with Crippen molar-refractivity contribution in [3.8, 4) is 23.0 Å². The molecule has 12 nitrogen and oxygen atoms in total. The van der Waals surface area contributed by atoms with Crippen molar-refractivity contribution in [2.24, 2.45) is 0 Å². The first-order valence-electron chi connectivity index (χ1n) is 22.6. The first-order valence-corrected chi connectivity index (χ1v) is 22.6. The predicted octanol–water partition coefficient (Wildman–Crippen LogP) is 9.04. The molecule has 0 fully saturated rings. The average Bonchev–Trinajstić information content (AvgIpc) is 3.70. The molecule has 6 rings (SSSR count). The molecule has 4 aliphatic rings. The number of aliphatic hydroxyl groups excluding tert-OH is 2. The Kier molecular flexibility index (Phi) is 14.9. The molecule has 0 aromatic heterocycles. The summed E-state index contributed by atoms with van der Waals surface area (Å²) >= 11 is 0. The predicted molar refractivity (Wildman–Crippen MR) is 242 cm³/mol. The Bertz CT molecular complexity index is 2200. The Morgan fingerprint density at radius 1 is 0.730 bits per heavy atom. The van der Waals surface area contributed by atoms with Gasteiger partial charge in [-0.2, -0.15) is 0 Å². The second-order valence-electron chi connectivity index (χ2n) is 19.0. The van der Waals surface area contributed by atoms with E-state index in [9.17, 15) is 34.8 Å². The van der Waals surface area contributed by atoms with Gasteiger partial charge in [0.25, 0.3) is 18.3 Å². The highest BCUT2D eigenvalue weighted by Gasteiger charge is 2.46. The zero-order valence-electron chi connectivity index (χ0n) is 38.5. The van der Waals surface area contributed by atoms with E-state index in [2.05, 4.69) is 65.8 Å². The average molecular weight is 869 g/mol. The topological polar surface area (TPSA) is 166 Å². The van der Waals surface area contributed by atoms with Crippen molar-refractivity contribution in [3.05, 3.63) is 92.1 Å². The molecule has 12 heteroatoms. The van der Waals surface area contributed by atoms with Crippen molar-refractivity contribution in [1.82, 2.24) is 9.80 Å². The second kappa shape index (κ2) is 19.8. The summed E-state index contributed by atoms with van der Waals surface area (Å²) in [5.41, 5.74) is 5.95. The molecule has 1 unspecified atom stereocenters. The lowest BCUT2D eigenvalue weighted by Gasteiger charge is -2.41. The van der Waals surface area contributed by atoms with E-state index in [1.54, 1.807) is 4.90 Å². The number of aromatic hydroxyl groups is 2. The fourth-order valence-corrected chi connectivity index (χ4v) is 9.31. The van der Waals surface area contributed by atoms with Gasteiger partial charge in [0.2, 0.25) is 0 Å². The van der Waals surface area contributed by atoms with E-state index in [1.165, 1.54) is 39.3 Å². The Morgan fingerprint density at radius 3 is 1.68 bits per heavy atom. The van der Waals surface area contributed by atoms with E-state index >= 15 is 0 Å². The monoisotopic (exact) mass is 868 g/mol. The first-order chi connectivity index (χ1) is 29.8. The van der Waals surface area contributed by atoms with Gasteiger partial charge in [-0.15, -0.1) is 0 Å². The zero-order chi connectivity index (χ0) is 45.8. The number of phenolic OH excluding ortho intramolecular Hbond substituents is 2. The highest BCUT2D eigenvalue weighted by atomic mass is 16.5. The van der Waals surface area contributed by atoms with E-state index in [0.717, 1.165) is 25.7 Å². The van der Waals surface area contributed by atoms with Crippen LogP contribution in [-0.4, -0.2) is 84.7 Å². The molecule has 2 aromatic rings. The van der Waals surface area contributed by atoms with Crippen LogP contribution < -0.4 is 9.47 Å². The van der Waals surface area contributed by atoms with Crippen molar-refractivity contribution in [2.45, 2.75) is 175 Å². The van der Waals surface area contributed by atoms with E-state index < -0.39 is 35.5 Å². The third-order valence-corrected chi connectivity index (χ3v) is 13.4. The first kappa shape index (κ1) is 47.4. The SMILES string of the molecule is CC(C)=CCC/C(C)=C/CC[C@@]1(C)Oc2c(c(O)cc3c2CN(CCCC(OC=O)N2Cc4c(cc(O)c5c4O[C@](C)(CC/C=C(\C)CCC=C(C)C)[C@@H](O)C5)C2=O)C3=O)C[C@@H]1O. The lowest BCUT2D eigenvalue weighted by molar-refractivity contribution is -0.141. The summed E-state index contributed by atoms with van der Waals surface area (Å²) in [7, 11) is 0. The summed E-state index contributed by atoms with van der Waals surface area (Å²) in [6, 6.07) is 2.86. The number of hydrogen-bond donors (Lipinski definition) is 4. The van der Waals surface area contributed by atoms with Gasteiger partial charge in [-0.1, -0.05) is 46.6 Å². The minimum Gasteiger partial charge on any atom is -0.508 e. The third-order valence-electron chi connectivity index (χ3n) is 13.4. The number of rotatable bonds is 19. The van der Waals surface area contributed by atoms with Crippen LogP contribution in [0.1, 0.15) is 163 Å². The van der Waals surface area contributed by atoms with Crippen molar-refractivity contribution in [2.75, 3.05) is 6.54 Å². The molecule has 2 amide bonds. The number of carbonyl (C=O) groups excluding carboxylic acids is 3. The quantitative estimate of drug-likeness (QED) is 0.0791. The molecule has 0 saturated heterocycles. The number of ether oxygens (including phenoxy) is 3. The van der Waals surface area contributed by atoms with Crippen LogP contribution in [0.3, 0.4) is 0 Å². The Hall–Kier alpha value is -5.07. The summed E-state index contributed by atoms with van der Waals surface area (Å²) < 4.78 is 18.6. The van der Waals surface area contributed by atoms with Crippen LogP contribution >= 0.6 is 0 Å². The maximum absolute atomic E-state index is 14.0. The van der Waals surface area contributed by atoms with Crippen LogP contribution in [0, 0.1) is 0 Å². The molecule has 4 heterocycles. The third kappa shape index (κ3) is 10.5. The van der Waals surface area contributed by atoms with Crippen molar-refractivity contribution < 1.29 is 49.0 Å². The minimum atomic E-state index is -0.971. The molecule has 0 radical (unpaired) electrons. The van der Waals surface area contributed by atoms with Gasteiger partial charge in [-0.3, -0.25) is 19.3 Å². The smallest absolute Gasteiger partial charge is 0.295 e. The fourth-order valence-electron chi connectivity index (χ4n) is 9.31. The molecule has 2 aromatic carbocycles. The van der Waals surface area contributed by atoms with Gasteiger partial charge in [0.1, 0.15) is 34.2 Å². The van der Waals surface area contributed by atoms with Gasteiger partial charge in [-0.25, -0.2) is 0 Å². The lowest BCUT2D eigenvalue weighted by Crippen LogP contribution is -2.49.